The van der Waals surface area contributed by atoms with E-state index >= 15 is 0 Å². The van der Waals surface area contributed by atoms with E-state index in [-0.39, 0.29) is 67.4 Å². The number of nitrogens with one attached hydrogen (secondary N) is 3. The Hall–Kier alpha value is -2.02. The summed E-state index contributed by atoms with van der Waals surface area (Å²) in [6.45, 7) is 0. The molecule has 5 rings (SSSR count). The molecule has 34 heavy (non-hydrogen) atoms. The van der Waals surface area contributed by atoms with Gasteiger partial charge in [0.15, 0.2) is 11.6 Å². The van der Waals surface area contributed by atoms with E-state index in [2.05, 4.69) is 25.5 Å². The molecule has 2 unspecified atom stereocenters. The van der Waals surface area contributed by atoms with Gasteiger partial charge in [-0.1, -0.05) is 49.6 Å². The third-order valence-corrected chi connectivity index (χ3v) is 6.08. The molecule has 1 radical (unpaired) electrons. The summed E-state index contributed by atoms with van der Waals surface area (Å²) in [6.07, 6.45) is -1.08. The minimum absolute atomic E-state index is 0. The molecule has 4 aromatic rings. The number of benzene rings is 2. The Bertz CT molecular complexity index is 1290. The minimum Gasteiger partial charge on any atom is -0.674 e. The molecule has 0 spiro atoms. The molecule has 1 fully saturated rings. The summed E-state index contributed by atoms with van der Waals surface area (Å²) in [6, 6.07) is 14.3. The van der Waals surface area contributed by atoms with Gasteiger partial charge < -0.3 is 11.1 Å². The quantitative estimate of drug-likeness (QED) is 0.247. The van der Waals surface area contributed by atoms with Crippen molar-refractivity contribution in [1.82, 2.24) is 20.2 Å². The number of alkyl halides is 3. The van der Waals surface area contributed by atoms with Gasteiger partial charge >= 0.3 is 6.18 Å². The van der Waals surface area contributed by atoms with Crippen LogP contribution in [0.1, 0.15) is 42.9 Å². The van der Waals surface area contributed by atoms with E-state index in [4.69, 9.17) is 5.73 Å². The van der Waals surface area contributed by atoms with Gasteiger partial charge in [-0.05, 0) is 30.5 Å². The first-order chi connectivity index (χ1) is 15.9. The van der Waals surface area contributed by atoms with Crippen molar-refractivity contribution < 1.29 is 57.2 Å². The maximum atomic E-state index is 13.7. The smallest absolute Gasteiger partial charge is 0.417 e. The number of anilines is 2. The summed E-state index contributed by atoms with van der Waals surface area (Å²) in [5.74, 6) is 0.703. The van der Waals surface area contributed by atoms with Crippen LogP contribution in [-0.4, -0.2) is 26.2 Å². The third-order valence-electron chi connectivity index (χ3n) is 6.08. The fourth-order valence-electron chi connectivity index (χ4n) is 4.43. The van der Waals surface area contributed by atoms with Crippen LogP contribution in [0.15, 0.2) is 54.6 Å². The summed E-state index contributed by atoms with van der Waals surface area (Å²) in [5.41, 5.74) is 9.02. The van der Waals surface area contributed by atoms with Crippen LogP contribution in [-0.2, 0) is 6.18 Å². The first-order valence-corrected chi connectivity index (χ1v) is 10.9. The second-order valence-electron chi connectivity index (χ2n) is 8.29. The first kappa shape index (κ1) is 25.1. The fraction of sp³-hybridized carbons (Fsp3) is 0.292. The minimum atomic E-state index is -4.54. The Labute approximate surface area is 230 Å². The zero-order chi connectivity index (χ0) is 23.0. The molecule has 2 heterocycles. The van der Waals surface area contributed by atoms with E-state index in [0.717, 1.165) is 42.7 Å². The number of H-pyrrole nitrogens is 1. The van der Waals surface area contributed by atoms with Gasteiger partial charge in [0.05, 0.1) is 11.1 Å². The zero-order valence-corrected chi connectivity index (χ0v) is 23.0. The average Bonchev–Trinajstić information content (AvgIpc) is 3.21. The second-order valence-corrected chi connectivity index (χ2v) is 8.29. The largest absolute Gasteiger partial charge is 0.674 e. The molecule has 0 aliphatic heterocycles. The van der Waals surface area contributed by atoms with Gasteiger partial charge in [0.1, 0.15) is 5.82 Å². The number of hydrogen-bond acceptors (Lipinski definition) is 4. The van der Waals surface area contributed by atoms with E-state index in [1.807, 2.05) is 24.3 Å². The fourth-order valence-corrected chi connectivity index (χ4v) is 4.43. The SMILES string of the molecule is [Ac].[NH-]C1CCCCC1c1cc(Nc2n[nH]c3ccccc23)nc(-c2ccccc2C(F)(F)F)n1. The number of aromatic nitrogens is 4. The van der Waals surface area contributed by atoms with Crippen LogP contribution in [0, 0.1) is 44.1 Å². The Balaban J connectivity index is 0.00000274. The van der Waals surface area contributed by atoms with Crippen LogP contribution in [0.4, 0.5) is 24.8 Å². The summed E-state index contributed by atoms with van der Waals surface area (Å²) in [5, 5.41) is 11.2. The second kappa shape index (κ2) is 10.3. The number of nitrogens with zero attached hydrogens (tertiary/aromatic N) is 3. The van der Waals surface area contributed by atoms with Crippen LogP contribution >= 0.6 is 0 Å². The predicted molar refractivity (Wildman–Crippen MR) is 121 cm³/mol. The van der Waals surface area contributed by atoms with Gasteiger partial charge in [0, 0.05) is 66.8 Å². The average molecular weight is 678 g/mol. The number of rotatable bonds is 4. The van der Waals surface area contributed by atoms with Gasteiger partial charge in [-0.15, -0.1) is 6.04 Å². The molecule has 10 heteroatoms. The molecule has 0 saturated heterocycles. The van der Waals surface area contributed by atoms with Crippen LogP contribution in [0.5, 0.6) is 0 Å². The summed E-state index contributed by atoms with van der Waals surface area (Å²) in [7, 11) is 0. The molecule has 3 N–H and O–H groups in total. The molecule has 2 aromatic heterocycles. The van der Waals surface area contributed by atoms with Crippen molar-refractivity contribution in [1.29, 1.82) is 0 Å². The Morgan fingerprint density at radius 1 is 0.971 bits per heavy atom. The van der Waals surface area contributed by atoms with Crippen molar-refractivity contribution >= 4 is 22.5 Å². The summed E-state index contributed by atoms with van der Waals surface area (Å²) >= 11 is 0. The van der Waals surface area contributed by atoms with Crippen molar-refractivity contribution in [3.63, 3.8) is 0 Å². The molecule has 0 amide bonds. The molecule has 1 saturated carbocycles. The van der Waals surface area contributed by atoms with E-state index in [9.17, 15) is 13.2 Å². The van der Waals surface area contributed by atoms with E-state index < -0.39 is 11.7 Å². The summed E-state index contributed by atoms with van der Waals surface area (Å²) < 4.78 is 41.1. The Kier molecular flexibility index (Phi) is 7.60. The van der Waals surface area contributed by atoms with Crippen molar-refractivity contribution in [2.75, 3.05) is 5.32 Å². The Morgan fingerprint density at radius 3 is 2.50 bits per heavy atom. The maximum Gasteiger partial charge on any atom is 0.417 e. The van der Waals surface area contributed by atoms with E-state index in [1.165, 1.54) is 12.1 Å². The van der Waals surface area contributed by atoms with Crippen molar-refractivity contribution in [2.45, 2.75) is 43.8 Å². The number of para-hydroxylation sites is 1. The summed E-state index contributed by atoms with van der Waals surface area (Å²) in [4.78, 5) is 8.99. The van der Waals surface area contributed by atoms with Crippen LogP contribution < -0.4 is 5.32 Å². The van der Waals surface area contributed by atoms with Crippen molar-refractivity contribution in [3.05, 3.63) is 71.6 Å². The normalized spacial score (nSPS) is 18.5. The molecular formula is C24H22AcF3N6-. The standard InChI is InChI=1S/C24H22F3N6.Ac/c25-24(26,27)17-10-4-1-7-14(17)22-29-20(15-8-2-5-11-18(15)28)13-21(30-22)31-23-16-9-3-6-12-19(16)32-33-23;/h1,3-4,6-7,9-10,12-13,15,18,28H,2,5,8,11H2,(H2,29,30,31,32,33);/q-1;. The molecule has 1 aliphatic carbocycles. The van der Waals surface area contributed by atoms with Crippen molar-refractivity contribution in [2.24, 2.45) is 0 Å². The number of fused-ring (bicyclic) bond motifs is 1. The molecule has 1 aliphatic rings. The van der Waals surface area contributed by atoms with Gasteiger partial charge in [-0.2, -0.15) is 18.3 Å². The Morgan fingerprint density at radius 2 is 1.71 bits per heavy atom. The molecule has 2 atom stereocenters. The van der Waals surface area contributed by atoms with E-state index in [0.29, 0.717) is 17.3 Å². The van der Waals surface area contributed by atoms with E-state index in [1.54, 1.807) is 12.1 Å². The maximum absolute atomic E-state index is 13.7. The van der Waals surface area contributed by atoms with Crippen molar-refractivity contribution in [3.8, 4) is 11.4 Å². The third kappa shape index (κ3) is 5.14. The molecule has 2 aromatic carbocycles. The monoisotopic (exact) mass is 678 g/mol. The van der Waals surface area contributed by atoms with Gasteiger partial charge in [-0.25, -0.2) is 9.97 Å². The topological polar surface area (TPSA) is 90.3 Å². The van der Waals surface area contributed by atoms with Gasteiger partial charge in [0.25, 0.3) is 0 Å². The molecule has 6 nitrogen and oxygen atoms in total. The van der Waals surface area contributed by atoms with Crippen LogP contribution in [0.3, 0.4) is 0 Å². The first-order valence-electron chi connectivity index (χ1n) is 10.9. The zero-order valence-electron chi connectivity index (χ0n) is 18.2. The van der Waals surface area contributed by atoms with Gasteiger partial charge in [0.2, 0.25) is 0 Å². The van der Waals surface area contributed by atoms with Crippen LogP contribution in [0.25, 0.3) is 28.0 Å². The number of hydrogen-bond donors (Lipinski definition) is 2. The molecule has 173 valence electrons. The number of aromatic amines is 1. The molecular weight excluding hydrogens is 656 g/mol. The van der Waals surface area contributed by atoms with Gasteiger partial charge in [-0.3, -0.25) is 5.10 Å². The van der Waals surface area contributed by atoms with Crippen LogP contribution in [0.2, 0.25) is 0 Å². The predicted octanol–water partition coefficient (Wildman–Crippen LogP) is 6.86. The molecule has 0 bridgehead atoms. The number of halogens is 3.